The number of benzene rings is 1. The van der Waals surface area contributed by atoms with Gasteiger partial charge in [-0.2, -0.15) is 0 Å². The van der Waals surface area contributed by atoms with Crippen molar-refractivity contribution >= 4 is 11.6 Å². The van der Waals surface area contributed by atoms with Gasteiger partial charge in [0.2, 0.25) is 0 Å². The van der Waals surface area contributed by atoms with E-state index in [-0.39, 0.29) is 17.6 Å². The molecule has 0 heterocycles. The van der Waals surface area contributed by atoms with E-state index >= 15 is 0 Å². The summed E-state index contributed by atoms with van der Waals surface area (Å²) >= 11 is 0. The van der Waals surface area contributed by atoms with Crippen LogP contribution < -0.4 is 5.32 Å². The normalized spacial score (nSPS) is 22.8. The van der Waals surface area contributed by atoms with E-state index in [1.165, 1.54) is 30.7 Å². The molecule has 102 valence electrons. The summed E-state index contributed by atoms with van der Waals surface area (Å²) < 4.78 is 0. The summed E-state index contributed by atoms with van der Waals surface area (Å²) in [5, 5.41) is 13.6. The standard InChI is InChI=1S/C14H18N2O3/c1-10-4-2-3-5-13(10)15-14(17)11-6-8-12(9-7-11)16(18)19/h6-10,13H,2-5H2,1H3,(H,15,17). The fourth-order valence-electron chi connectivity index (χ4n) is 2.52. The molecule has 2 rings (SSSR count). The number of carbonyl (C=O) groups excluding carboxylic acids is 1. The van der Waals surface area contributed by atoms with Crippen molar-refractivity contribution in [3.8, 4) is 0 Å². The molecule has 1 aliphatic rings. The molecular formula is C14H18N2O3. The van der Waals surface area contributed by atoms with Crippen molar-refractivity contribution in [3.63, 3.8) is 0 Å². The summed E-state index contributed by atoms with van der Waals surface area (Å²) in [6.07, 6.45) is 4.53. The molecule has 1 aromatic rings. The van der Waals surface area contributed by atoms with Crippen molar-refractivity contribution in [3.05, 3.63) is 39.9 Å². The maximum Gasteiger partial charge on any atom is 0.269 e. The first kappa shape index (κ1) is 13.5. The minimum absolute atomic E-state index is 0.00239. The Labute approximate surface area is 112 Å². The van der Waals surface area contributed by atoms with Crippen LogP contribution in [0.4, 0.5) is 5.69 Å². The zero-order valence-electron chi connectivity index (χ0n) is 11.0. The van der Waals surface area contributed by atoms with E-state index in [0.29, 0.717) is 11.5 Å². The Bertz CT molecular complexity index is 470. The Morgan fingerprint density at radius 3 is 2.47 bits per heavy atom. The zero-order valence-corrected chi connectivity index (χ0v) is 11.0. The van der Waals surface area contributed by atoms with Crippen LogP contribution in [0, 0.1) is 16.0 Å². The smallest absolute Gasteiger partial charge is 0.269 e. The molecule has 0 aliphatic heterocycles. The molecule has 1 amide bonds. The lowest BCUT2D eigenvalue weighted by molar-refractivity contribution is -0.384. The maximum atomic E-state index is 12.1. The van der Waals surface area contributed by atoms with Crippen LogP contribution in [0.5, 0.6) is 0 Å². The fourth-order valence-corrected chi connectivity index (χ4v) is 2.52. The third-order valence-electron chi connectivity index (χ3n) is 3.77. The number of hydrogen-bond donors (Lipinski definition) is 1. The average molecular weight is 262 g/mol. The lowest BCUT2D eigenvalue weighted by Gasteiger charge is -2.29. The van der Waals surface area contributed by atoms with Gasteiger partial charge in [0.15, 0.2) is 0 Å². The number of amides is 1. The second kappa shape index (κ2) is 5.82. The van der Waals surface area contributed by atoms with Crippen LogP contribution >= 0.6 is 0 Å². The largest absolute Gasteiger partial charge is 0.349 e. The van der Waals surface area contributed by atoms with Gasteiger partial charge in [0, 0.05) is 23.7 Å². The quantitative estimate of drug-likeness (QED) is 0.672. The summed E-state index contributed by atoms with van der Waals surface area (Å²) in [4.78, 5) is 22.1. The van der Waals surface area contributed by atoms with Gasteiger partial charge >= 0.3 is 0 Å². The summed E-state index contributed by atoms with van der Waals surface area (Å²) in [7, 11) is 0. The first-order valence-electron chi connectivity index (χ1n) is 6.63. The van der Waals surface area contributed by atoms with Crippen molar-refractivity contribution in [2.24, 2.45) is 5.92 Å². The minimum Gasteiger partial charge on any atom is -0.349 e. The maximum absolute atomic E-state index is 12.1. The zero-order chi connectivity index (χ0) is 13.8. The highest BCUT2D eigenvalue weighted by molar-refractivity contribution is 5.94. The van der Waals surface area contributed by atoms with Crippen LogP contribution in [0.2, 0.25) is 0 Å². The van der Waals surface area contributed by atoms with Crippen molar-refractivity contribution in [1.29, 1.82) is 0 Å². The predicted molar refractivity (Wildman–Crippen MR) is 72.0 cm³/mol. The average Bonchev–Trinajstić information content (AvgIpc) is 2.41. The Morgan fingerprint density at radius 1 is 1.26 bits per heavy atom. The molecule has 0 radical (unpaired) electrons. The Morgan fingerprint density at radius 2 is 1.89 bits per heavy atom. The number of hydrogen-bond acceptors (Lipinski definition) is 3. The summed E-state index contributed by atoms with van der Waals surface area (Å²) in [5.74, 6) is 0.351. The highest BCUT2D eigenvalue weighted by atomic mass is 16.6. The van der Waals surface area contributed by atoms with E-state index in [2.05, 4.69) is 12.2 Å². The van der Waals surface area contributed by atoms with Crippen LogP contribution in [-0.4, -0.2) is 16.9 Å². The lowest BCUT2D eigenvalue weighted by atomic mass is 9.86. The predicted octanol–water partition coefficient (Wildman–Crippen LogP) is 2.90. The summed E-state index contributed by atoms with van der Waals surface area (Å²) in [6.45, 7) is 2.15. The van der Waals surface area contributed by atoms with Gasteiger partial charge in [-0.15, -0.1) is 0 Å². The molecule has 1 fully saturated rings. The molecule has 1 saturated carbocycles. The topological polar surface area (TPSA) is 72.2 Å². The molecule has 1 aliphatic carbocycles. The van der Waals surface area contributed by atoms with E-state index in [4.69, 9.17) is 0 Å². The van der Waals surface area contributed by atoms with E-state index in [1.807, 2.05) is 0 Å². The van der Waals surface area contributed by atoms with Gasteiger partial charge in [0.25, 0.3) is 11.6 Å². The van der Waals surface area contributed by atoms with Gasteiger partial charge in [-0.3, -0.25) is 14.9 Å². The molecular weight excluding hydrogens is 244 g/mol. The number of nitrogens with one attached hydrogen (secondary N) is 1. The van der Waals surface area contributed by atoms with Gasteiger partial charge in [-0.1, -0.05) is 19.8 Å². The third-order valence-corrected chi connectivity index (χ3v) is 3.77. The van der Waals surface area contributed by atoms with Crippen LogP contribution in [0.3, 0.4) is 0 Å². The fraction of sp³-hybridized carbons (Fsp3) is 0.500. The second-order valence-electron chi connectivity index (χ2n) is 5.15. The Kier molecular flexibility index (Phi) is 4.14. The molecule has 1 aromatic carbocycles. The monoisotopic (exact) mass is 262 g/mol. The first-order valence-corrected chi connectivity index (χ1v) is 6.63. The van der Waals surface area contributed by atoms with Crippen molar-refractivity contribution in [2.75, 3.05) is 0 Å². The summed E-state index contributed by atoms with van der Waals surface area (Å²) in [6, 6.07) is 5.94. The van der Waals surface area contributed by atoms with Crippen LogP contribution in [0.1, 0.15) is 43.0 Å². The van der Waals surface area contributed by atoms with E-state index in [9.17, 15) is 14.9 Å². The number of non-ortho nitro benzene ring substituents is 1. The molecule has 0 spiro atoms. The van der Waals surface area contributed by atoms with E-state index < -0.39 is 4.92 Å². The van der Waals surface area contributed by atoms with Crippen LogP contribution in [-0.2, 0) is 0 Å². The number of nitrogens with zero attached hydrogens (tertiary/aromatic N) is 1. The van der Waals surface area contributed by atoms with Crippen LogP contribution in [0.25, 0.3) is 0 Å². The molecule has 2 unspecified atom stereocenters. The molecule has 5 heteroatoms. The lowest BCUT2D eigenvalue weighted by Crippen LogP contribution is -2.41. The third kappa shape index (κ3) is 3.30. The molecule has 2 atom stereocenters. The van der Waals surface area contributed by atoms with Crippen LogP contribution in [0.15, 0.2) is 24.3 Å². The van der Waals surface area contributed by atoms with E-state index in [1.54, 1.807) is 0 Å². The van der Waals surface area contributed by atoms with E-state index in [0.717, 1.165) is 19.3 Å². The number of nitro groups is 1. The first-order chi connectivity index (χ1) is 9.08. The number of nitro benzene ring substituents is 1. The number of carbonyl (C=O) groups is 1. The minimum atomic E-state index is -0.467. The van der Waals surface area contributed by atoms with Gasteiger partial charge in [0.05, 0.1) is 4.92 Å². The van der Waals surface area contributed by atoms with Crippen molar-refractivity contribution < 1.29 is 9.72 Å². The highest BCUT2D eigenvalue weighted by Crippen LogP contribution is 2.24. The van der Waals surface area contributed by atoms with Gasteiger partial charge in [-0.05, 0) is 30.9 Å². The van der Waals surface area contributed by atoms with Crippen molar-refractivity contribution in [1.82, 2.24) is 5.32 Å². The molecule has 5 nitrogen and oxygen atoms in total. The summed E-state index contributed by atoms with van der Waals surface area (Å²) in [5.41, 5.74) is 0.478. The molecule has 0 aromatic heterocycles. The second-order valence-corrected chi connectivity index (χ2v) is 5.15. The molecule has 19 heavy (non-hydrogen) atoms. The SMILES string of the molecule is CC1CCCCC1NC(=O)c1ccc([N+](=O)[O-])cc1. The van der Waals surface area contributed by atoms with Gasteiger partial charge in [0.1, 0.15) is 0 Å². The van der Waals surface area contributed by atoms with Gasteiger partial charge in [-0.25, -0.2) is 0 Å². The highest BCUT2D eigenvalue weighted by Gasteiger charge is 2.23. The molecule has 0 saturated heterocycles. The number of rotatable bonds is 3. The molecule has 0 bridgehead atoms. The van der Waals surface area contributed by atoms with Gasteiger partial charge < -0.3 is 5.32 Å². The van der Waals surface area contributed by atoms with Crippen molar-refractivity contribution in [2.45, 2.75) is 38.6 Å². The molecule has 1 N–H and O–H groups in total. The Balaban J connectivity index is 2.01. The Hall–Kier alpha value is -1.91.